The Morgan fingerprint density at radius 2 is 1.58 bits per heavy atom. The maximum absolute atomic E-state index is 13.2. The number of hydrogen-bond acceptors (Lipinski definition) is 1. The number of anilines is 2. The second-order valence-electron chi connectivity index (χ2n) is 6.97. The molecule has 0 unspecified atom stereocenters. The summed E-state index contributed by atoms with van der Waals surface area (Å²) < 4.78 is 0. The van der Waals surface area contributed by atoms with Crippen molar-refractivity contribution in [1.82, 2.24) is 5.32 Å². The van der Waals surface area contributed by atoms with Gasteiger partial charge >= 0.3 is 6.03 Å². The molecule has 2 aromatic carbocycles. The number of nitrogens with zero attached hydrogens (tertiary/aromatic N) is 1. The Kier molecular flexibility index (Phi) is 5.57. The summed E-state index contributed by atoms with van der Waals surface area (Å²) in [6, 6.07) is 19.4. The third-order valence-corrected chi connectivity index (χ3v) is 5.02. The van der Waals surface area contributed by atoms with Crippen molar-refractivity contribution in [2.45, 2.75) is 32.7 Å². The predicted molar refractivity (Wildman–Crippen MR) is 109 cm³/mol. The van der Waals surface area contributed by atoms with Crippen molar-refractivity contribution in [3.63, 3.8) is 0 Å². The van der Waals surface area contributed by atoms with Crippen molar-refractivity contribution in [1.29, 1.82) is 0 Å². The summed E-state index contributed by atoms with van der Waals surface area (Å²) in [5, 5.41) is 3.23. The van der Waals surface area contributed by atoms with Crippen LogP contribution in [0.1, 0.15) is 26.7 Å². The molecule has 134 valence electrons. The molecule has 3 nitrogen and oxygen atoms in total. The Bertz CT molecular complexity index is 756. The van der Waals surface area contributed by atoms with Crippen LogP contribution in [0, 0.1) is 5.92 Å². The zero-order valence-corrected chi connectivity index (χ0v) is 15.5. The van der Waals surface area contributed by atoms with Gasteiger partial charge in [0.2, 0.25) is 0 Å². The average Bonchev–Trinajstić information content (AvgIpc) is 2.65. The Morgan fingerprint density at radius 3 is 2.08 bits per heavy atom. The van der Waals surface area contributed by atoms with Gasteiger partial charge in [0.25, 0.3) is 0 Å². The number of carbonyl (C=O) groups excluding carboxylic acids is 1. The first kappa shape index (κ1) is 18.0. The molecule has 0 fully saturated rings. The van der Waals surface area contributed by atoms with Crippen molar-refractivity contribution in [2.75, 3.05) is 4.90 Å². The maximum atomic E-state index is 13.2. The summed E-state index contributed by atoms with van der Waals surface area (Å²) in [5.74, 6) is 0.422. The zero-order valence-electron chi connectivity index (χ0n) is 15.5. The number of nitrogens with one attached hydrogen (secondary N) is 1. The van der Waals surface area contributed by atoms with E-state index in [0.717, 1.165) is 24.2 Å². The number of hydrogen-bond donors (Lipinski definition) is 1. The quantitative estimate of drug-likeness (QED) is 0.694. The van der Waals surface area contributed by atoms with Gasteiger partial charge in [0.05, 0.1) is 17.4 Å². The molecule has 2 amide bonds. The molecule has 0 spiro atoms. The van der Waals surface area contributed by atoms with Crippen LogP contribution >= 0.6 is 0 Å². The minimum Gasteiger partial charge on any atom is -0.331 e. The number of rotatable bonds is 4. The smallest absolute Gasteiger partial charge is 0.326 e. The molecule has 2 atom stereocenters. The van der Waals surface area contributed by atoms with Gasteiger partial charge in [-0.15, -0.1) is 0 Å². The molecular formula is C23H26N2O. The molecule has 3 rings (SSSR count). The van der Waals surface area contributed by atoms with Crippen LogP contribution in [0.25, 0.3) is 0 Å². The Labute approximate surface area is 156 Å². The van der Waals surface area contributed by atoms with Crippen LogP contribution in [0.15, 0.2) is 84.5 Å². The number of amides is 2. The topological polar surface area (TPSA) is 32.3 Å². The van der Waals surface area contributed by atoms with E-state index in [-0.39, 0.29) is 12.1 Å². The van der Waals surface area contributed by atoms with Gasteiger partial charge in [-0.3, -0.25) is 4.90 Å². The van der Waals surface area contributed by atoms with Crippen LogP contribution in [-0.4, -0.2) is 12.1 Å². The molecule has 0 heterocycles. The van der Waals surface area contributed by atoms with Crippen LogP contribution in [0.5, 0.6) is 0 Å². The molecule has 0 aromatic heterocycles. The van der Waals surface area contributed by atoms with E-state index in [2.05, 4.69) is 31.8 Å². The van der Waals surface area contributed by atoms with Gasteiger partial charge in [-0.05, 0) is 56.9 Å². The number of urea groups is 1. The molecule has 2 aromatic rings. The number of para-hydroxylation sites is 2. The van der Waals surface area contributed by atoms with Gasteiger partial charge < -0.3 is 5.32 Å². The first-order chi connectivity index (χ1) is 12.6. The molecule has 26 heavy (non-hydrogen) atoms. The van der Waals surface area contributed by atoms with E-state index in [1.165, 1.54) is 11.1 Å². The highest BCUT2D eigenvalue weighted by Crippen LogP contribution is 2.30. The van der Waals surface area contributed by atoms with Crippen LogP contribution < -0.4 is 10.2 Å². The predicted octanol–water partition coefficient (Wildman–Crippen LogP) is 5.84. The van der Waals surface area contributed by atoms with Crippen molar-refractivity contribution in [3.05, 3.63) is 84.5 Å². The fourth-order valence-corrected chi connectivity index (χ4v) is 3.36. The van der Waals surface area contributed by atoms with Crippen LogP contribution in [-0.2, 0) is 0 Å². The lowest BCUT2D eigenvalue weighted by Crippen LogP contribution is -2.45. The van der Waals surface area contributed by atoms with Crippen molar-refractivity contribution < 1.29 is 4.79 Å². The minimum atomic E-state index is -0.109. The molecule has 0 saturated heterocycles. The zero-order chi connectivity index (χ0) is 18.5. The largest absolute Gasteiger partial charge is 0.331 e. The fraction of sp³-hybridized carbons (Fsp3) is 0.261. The van der Waals surface area contributed by atoms with Crippen molar-refractivity contribution in [2.24, 2.45) is 5.92 Å². The second-order valence-corrected chi connectivity index (χ2v) is 6.97. The van der Waals surface area contributed by atoms with Gasteiger partial charge in [-0.2, -0.15) is 0 Å². The Morgan fingerprint density at radius 1 is 1.04 bits per heavy atom. The highest BCUT2D eigenvalue weighted by atomic mass is 16.2. The molecule has 1 aliphatic rings. The highest BCUT2D eigenvalue weighted by molar-refractivity contribution is 5.99. The van der Waals surface area contributed by atoms with E-state index < -0.39 is 0 Å². The van der Waals surface area contributed by atoms with E-state index in [1.54, 1.807) is 4.90 Å². The molecule has 0 saturated carbocycles. The van der Waals surface area contributed by atoms with E-state index in [0.29, 0.717) is 5.92 Å². The lowest BCUT2D eigenvalue weighted by molar-refractivity contribution is 0.244. The first-order valence-electron chi connectivity index (χ1n) is 9.09. The summed E-state index contributed by atoms with van der Waals surface area (Å²) in [4.78, 5) is 14.9. The third kappa shape index (κ3) is 4.05. The minimum absolute atomic E-state index is 0.0351. The molecule has 0 bridgehead atoms. The lowest BCUT2D eigenvalue weighted by Gasteiger charge is -2.32. The first-order valence-corrected chi connectivity index (χ1v) is 9.09. The summed E-state index contributed by atoms with van der Waals surface area (Å²) in [5.41, 5.74) is 4.10. The lowest BCUT2D eigenvalue weighted by atomic mass is 9.83. The summed E-state index contributed by atoms with van der Waals surface area (Å²) >= 11 is 0. The van der Waals surface area contributed by atoms with Crippen LogP contribution in [0.3, 0.4) is 0 Å². The molecule has 1 aliphatic carbocycles. The van der Waals surface area contributed by atoms with Gasteiger partial charge in [-0.25, -0.2) is 4.79 Å². The average molecular weight is 346 g/mol. The Hall–Kier alpha value is -2.81. The second kappa shape index (κ2) is 8.05. The molecule has 0 radical (unpaired) electrons. The number of carbonyl (C=O) groups is 1. The summed E-state index contributed by atoms with van der Waals surface area (Å²) in [6.07, 6.45) is 4.14. The van der Waals surface area contributed by atoms with Gasteiger partial charge in [0.1, 0.15) is 0 Å². The SMILES string of the molecule is C=C(C)[C@@H]1CC=C(C)[C@H](NC(=O)N(c2ccccc2)c2ccccc2)C1. The molecule has 0 aliphatic heterocycles. The van der Waals surface area contributed by atoms with Crippen LogP contribution in [0.2, 0.25) is 0 Å². The molecular weight excluding hydrogens is 320 g/mol. The third-order valence-electron chi connectivity index (χ3n) is 5.02. The fourth-order valence-electron chi connectivity index (χ4n) is 3.36. The van der Waals surface area contributed by atoms with Crippen LogP contribution in [0.4, 0.5) is 16.2 Å². The molecule has 3 heteroatoms. The van der Waals surface area contributed by atoms with E-state index in [1.807, 2.05) is 60.7 Å². The maximum Gasteiger partial charge on any atom is 0.326 e. The molecule has 1 N–H and O–H groups in total. The van der Waals surface area contributed by atoms with Gasteiger partial charge in [0, 0.05) is 0 Å². The van der Waals surface area contributed by atoms with E-state index in [4.69, 9.17) is 0 Å². The summed E-state index contributed by atoms with van der Waals surface area (Å²) in [6.45, 7) is 8.26. The van der Waals surface area contributed by atoms with Gasteiger partial charge in [0.15, 0.2) is 0 Å². The standard InChI is InChI=1S/C23H26N2O/c1-17(2)19-15-14-18(3)22(16-19)24-23(26)25(20-10-6-4-7-11-20)21-12-8-5-9-13-21/h4-14,19,22H,1,15-16H2,2-3H3,(H,24,26)/t19-,22-/m1/s1. The van der Waals surface area contributed by atoms with E-state index >= 15 is 0 Å². The van der Waals surface area contributed by atoms with E-state index in [9.17, 15) is 4.79 Å². The summed E-state index contributed by atoms with van der Waals surface area (Å²) in [7, 11) is 0. The number of benzene rings is 2. The number of allylic oxidation sites excluding steroid dienone is 2. The monoisotopic (exact) mass is 346 g/mol. The van der Waals surface area contributed by atoms with Crippen molar-refractivity contribution in [3.8, 4) is 0 Å². The highest BCUT2D eigenvalue weighted by Gasteiger charge is 2.26. The normalized spacial score (nSPS) is 19.4. The van der Waals surface area contributed by atoms with Crippen molar-refractivity contribution >= 4 is 17.4 Å². The Balaban J connectivity index is 1.86. The van der Waals surface area contributed by atoms with Gasteiger partial charge in [-0.1, -0.05) is 60.2 Å².